The Morgan fingerprint density at radius 2 is 0.877 bits per heavy atom. The smallest absolute Gasteiger partial charge is 0.306 e. The minimum Gasteiger partial charge on any atom is -0.545 e. The molecule has 0 spiro atoms. The molecular weight excluding hydrogens is 815 g/mol. The van der Waals surface area contributed by atoms with Crippen LogP contribution in [0.1, 0.15) is 219 Å². The van der Waals surface area contributed by atoms with Gasteiger partial charge in [-0.25, -0.2) is 0 Å². The average molecular weight is 914 g/mol. The van der Waals surface area contributed by atoms with E-state index in [0.29, 0.717) is 17.4 Å². The van der Waals surface area contributed by atoms with E-state index in [1.807, 2.05) is 21.1 Å². The second-order valence-electron chi connectivity index (χ2n) is 18.8. The summed E-state index contributed by atoms with van der Waals surface area (Å²) in [6.07, 6.45) is 55.5. The highest BCUT2D eigenvalue weighted by Crippen LogP contribution is 2.15. The topological polar surface area (TPSA) is 111 Å². The van der Waals surface area contributed by atoms with Crippen LogP contribution in [0.5, 0.6) is 0 Å². The molecule has 0 aromatic rings. The molecule has 2 unspecified atom stereocenters. The Kier molecular flexibility index (Phi) is 45.3. The molecule has 0 aliphatic carbocycles. The van der Waals surface area contributed by atoms with Crippen LogP contribution in [0.15, 0.2) is 60.8 Å². The van der Waals surface area contributed by atoms with E-state index in [2.05, 4.69) is 74.6 Å². The fourth-order valence-electron chi connectivity index (χ4n) is 7.17. The second kappa shape index (κ2) is 47.5. The third kappa shape index (κ3) is 48.7. The molecule has 0 N–H and O–H groups in total. The lowest BCUT2D eigenvalue weighted by molar-refractivity contribution is -0.870. The lowest BCUT2D eigenvalue weighted by Gasteiger charge is -2.26. The molecule has 65 heavy (non-hydrogen) atoms. The van der Waals surface area contributed by atoms with Gasteiger partial charge in [0.05, 0.1) is 40.3 Å². The van der Waals surface area contributed by atoms with Crippen molar-refractivity contribution >= 4 is 17.9 Å². The number of carboxylic acid groups (broad SMARTS) is 1. The van der Waals surface area contributed by atoms with E-state index in [1.54, 1.807) is 0 Å². The molecule has 0 fully saturated rings. The summed E-state index contributed by atoms with van der Waals surface area (Å²) in [4.78, 5) is 37.1. The van der Waals surface area contributed by atoms with Gasteiger partial charge in [-0.2, -0.15) is 0 Å². The van der Waals surface area contributed by atoms with Gasteiger partial charge in [0.25, 0.3) is 0 Å². The van der Waals surface area contributed by atoms with Crippen molar-refractivity contribution in [3.63, 3.8) is 0 Å². The van der Waals surface area contributed by atoms with Crippen molar-refractivity contribution in [2.24, 2.45) is 0 Å². The summed E-state index contributed by atoms with van der Waals surface area (Å²) >= 11 is 0. The van der Waals surface area contributed by atoms with Crippen LogP contribution in [0.25, 0.3) is 0 Å². The average Bonchev–Trinajstić information content (AvgIpc) is 3.27. The van der Waals surface area contributed by atoms with Crippen LogP contribution in [0.3, 0.4) is 0 Å². The molecule has 0 saturated heterocycles. The van der Waals surface area contributed by atoms with Crippen molar-refractivity contribution < 1.29 is 42.9 Å². The molecule has 2 atom stereocenters. The number of carbonyl (C=O) groups excluding carboxylic acids is 3. The van der Waals surface area contributed by atoms with Crippen molar-refractivity contribution in [3.05, 3.63) is 60.8 Å². The standard InChI is InChI=1S/C56H99NO8/c1-6-8-10-12-14-16-18-20-22-23-24-25-26-27-28-29-30-31-33-34-36-38-40-42-44-46-53(58)63-50-52(51-64-56(55(60)61)62-49-48-57(3,4)5)65-54(59)47-45-43-41-39-37-35-32-21-19-17-15-13-11-9-7-2/h9,11,15,17-18,20-21,23-24,32,52,56H,6-8,10,12-14,16,19,22,25-31,33-51H2,1-5H3/b11-9-,17-15-,20-18-,24-23-,32-21-. The first-order chi connectivity index (χ1) is 31.6. The van der Waals surface area contributed by atoms with Crippen LogP contribution in [-0.2, 0) is 33.3 Å². The highest BCUT2D eigenvalue weighted by Gasteiger charge is 2.22. The monoisotopic (exact) mass is 914 g/mol. The zero-order chi connectivity index (χ0) is 47.7. The lowest BCUT2D eigenvalue weighted by Crippen LogP contribution is -2.44. The van der Waals surface area contributed by atoms with Gasteiger partial charge in [0, 0.05) is 12.8 Å². The number of allylic oxidation sites excluding steroid dienone is 10. The number of likely N-dealkylation sites (N-methyl/N-ethyl adjacent to an activating group) is 1. The first-order valence-corrected chi connectivity index (χ1v) is 26.4. The van der Waals surface area contributed by atoms with Crippen LogP contribution in [-0.4, -0.2) is 82.3 Å². The normalized spacial score (nSPS) is 13.3. The number of unbranched alkanes of at least 4 members (excludes halogenated alkanes) is 23. The van der Waals surface area contributed by atoms with E-state index in [0.717, 1.165) is 77.0 Å². The Morgan fingerprint density at radius 3 is 1.31 bits per heavy atom. The van der Waals surface area contributed by atoms with Gasteiger partial charge in [0.15, 0.2) is 12.4 Å². The van der Waals surface area contributed by atoms with E-state index >= 15 is 0 Å². The van der Waals surface area contributed by atoms with Gasteiger partial charge in [-0.05, 0) is 77.0 Å². The first kappa shape index (κ1) is 62.0. The molecule has 0 aromatic heterocycles. The van der Waals surface area contributed by atoms with Crippen molar-refractivity contribution in [2.45, 2.75) is 232 Å². The molecule has 0 amide bonds. The van der Waals surface area contributed by atoms with Gasteiger partial charge in [-0.1, -0.05) is 190 Å². The van der Waals surface area contributed by atoms with Crippen molar-refractivity contribution in [2.75, 3.05) is 47.5 Å². The molecule has 9 heteroatoms. The molecule has 0 radical (unpaired) electrons. The van der Waals surface area contributed by atoms with Gasteiger partial charge >= 0.3 is 11.9 Å². The first-order valence-electron chi connectivity index (χ1n) is 26.4. The molecule has 0 saturated carbocycles. The zero-order valence-corrected chi connectivity index (χ0v) is 42.6. The van der Waals surface area contributed by atoms with Crippen LogP contribution in [0.4, 0.5) is 0 Å². The largest absolute Gasteiger partial charge is 0.545 e. The summed E-state index contributed by atoms with van der Waals surface area (Å²) in [5.74, 6) is -2.31. The minimum atomic E-state index is -1.63. The Bertz CT molecular complexity index is 1250. The van der Waals surface area contributed by atoms with Crippen LogP contribution < -0.4 is 5.11 Å². The third-order valence-electron chi connectivity index (χ3n) is 11.2. The van der Waals surface area contributed by atoms with E-state index in [9.17, 15) is 19.5 Å². The molecule has 0 bridgehead atoms. The molecule has 0 rings (SSSR count). The lowest BCUT2D eigenvalue weighted by atomic mass is 10.0. The number of hydrogen-bond acceptors (Lipinski definition) is 8. The highest BCUT2D eigenvalue weighted by atomic mass is 16.7. The second-order valence-corrected chi connectivity index (χ2v) is 18.8. The number of nitrogens with zero attached hydrogens (tertiary/aromatic N) is 1. The number of rotatable bonds is 48. The van der Waals surface area contributed by atoms with Crippen molar-refractivity contribution in [3.8, 4) is 0 Å². The predicted octanol–water partition coefficient (Wildman–Crippen LogP) is 13.6. The van der Waals surface area contributed by atoms with Gasteiger partial charge in [-0.15, -0.1) is 0 Å². The molecule has 0 heterocycles. The number of aliphatic carboxylic acids is 1. The Balaban J connectivity index is 4.26. The van der Waals surface area contributed by atoms with Crippen molar-refractivity contribution in [1.82, 2.24) is 0 Å². The fraction of sp³-hybridized carbons (Fsp3) is 0.768. The molecule has 0 aliphatic rings. The third-order valence-corrected chi connectivity index (χ3v) is 11.2. The number of quaternary nitrogens is 1. The number of hydrogen-bond donors (Lipinski definition) is 0. The summed E-state index contributed by atoms with van der Waals surface area (Å²) in [5.41, 5.74) is 0. The van der Waals surface area contributed by atoms with E-state index in [4.69, 9.17) is 18.9 Å². The van der Waals surface area contributed by atoms with Crippen LogP contribution in [0.2, 0.25) is 0 Å². The molecule has 0 aliphatic heterocycles. The van der Waals surface area contributed by atoms with E-state index < -0.39 is 24.3 Å². The molecule has 9 nitrogen and oxygen atoms in total. The summed E-state index contributed by atoms with van der Waals surface area (Å²) in [6.45, 7) is 4.60. The summed E-state index contributed by atoms with van der Waals surface area (Å²) in [5, 5.41) is 11.7. The van der Waals surface area contributed by atoms with E-state index in [-0.39, 0.29) is 38.6 Å². The minimum absolute atomic E-state index is 0.142. The fourth-order valence-corrected chi connectivity index (χ4v) is 7.17. The number of esters is 2. The summed E-state index contributed by atoms with van der Waals surface area (Å²) in [6, 6.07) is 0. The Labute approximate surface area is 399 Å². The van der Waals surface area contributed by atoms with Gasteiger partial charge in [0.1, 0.15) is 13.2 Å². The number of ether oxygens (including phenoxy) is 4. The Hall–Kier alpha value is -3.01. The molecular formula is C56H99NO8. The summed E-state index contributed by atoms with van der Waals surface area (Å²) < 4.78 is 22.6. The maximum Gasteiger partial charge on any atom is 0.306 e. The molecule has 376 valence electrons. The maximum absolute atomic E-state index is 12.8. The van der Waals surface area contributed by atoms with Gasteiger partial charge in [0.2, 0.25) is 0 Å². The predicted molar refractivity (Wildman–Crippen MR) is 269 cm³/mol. The maximum atomic E-state index is 12.8. The molecule has 0 aromatic carbocycles. The van der Waals surface area contributed by atoms with Crippen molar-refractivity contribution in [1.29, 1.82) is 0 Å². The van der Waals surface area contributed by atoms with Gasteiger partial charge in [-0.3, -0.25) is 9.59 Å². The number of carboxylic acids is 1. The van der Waals surface area contributed by atoms with Gasteiger partial charge < -0.3 is 33.3 Å². The quantitative estimate of drug-likeness (QED) is 0.0195. The number of carbonyl (C=O) groups is 3. The van der Waals surface area contributed by atoms with Crippen LogP contribution in [0, 0.1) is 0 Å². The SMILES string of the molecule is CC/C=C\C/C=C\C/C=C\CCCCCCCC(=O)OC(COC(=O)CCCCCCCCCCCCCCC/C=C\C/C=C\CCCCCCC)COC(OCC[N+](C)(C)C)C(=O)[O-]. The summed E-state index contributed by atoms with van der Waals surface area (Å²) in [7, 11) is 5.91. The highest BCUT2D eigenvalue weighted by molar-refractivity contribution is 5.70. The van der Waals surface area contributed by atoms with E-state index in [1.165, 1.54) is 109 Å². The Morgan fingerprint density at radius 1 is 0.477 bits per heavy atom. The zero-order valence-electron chi connectivity index (χ0n) is 42.6. The van der Waals surface area contributed by atoms with Crippen LogP contribution >= 0.6 is 0 Å².